The molecule has 0 aliphatic heterocycles. The van der Waals surface area contributed by atoms with Gasteiger partial charge in [-0.15, -0.1) is 0 Å². The summed E-state index contributed by atoms with van der Waals surface area (Å²) in [5.74, 6) is 0. The average molecular weight is 213 g/mol. The lowest BCUT2D eigenvalue weighted by Crippen LogP contribution is -2.16. The van der Waals surface area contributed by atoms with Crippen molar-refractivity contribution < 1.29 is 4.79 Å². The van der Waals surface area contributed by atoms with Crippen molar-refractivity contribution in [2.75, 3.05) is 18.5 Å². The molecule has 0 heterocycles. The molecule has 0 atom stereocenters. The van der Waals surface area contributed by atoms with Crippen molar-refractivity contribution in [1.29, 1.82) is 0 Å². The Labute approximate surface area is 95.5 Å². The maximum absolute atomic E-state index is 11.0. The van der Waals surface area contributed by atoms with Crippen LogP contribution in [-0.2, 0) is 0 Å². The van der Waals surface area contributed by atoms with Gasteiger partial charge in [0.1, 0.15) is 0 Å². The number of carbonyl (C=O) groups excluding carboxylic acids is 1. The van der Waals surface area contributed by atoms with Gasteiger partial charge in [0, 0.05) is 30.2 Å². The average Bonchev–Trinajstić information content (AvgIpc) is 2.36. The third kappa shape index (κ3) is 1.67. The minimum Gasteiger partial charge on any atom is -0.374 e. The second kappa shape index (κ2) is 4.35. The van der Waals surface area contributed by atoms with Gasteiger partial charge < -0.3 is 4.90 Å². The SMILES string of the molecule is CCN(C)c1ccc(C=O)c2ccccc12. The van der Waals surface area contributed by atoms with Crippen molar-refractivity contribution >= 4 is 22.7 Å². The smallest absolute Gasteiger partial charge is 0.150 e. The molecule has 0 fully saturated rings. The Hall–Kier alpha value is -1.83. The molecular weight excluding hydrogens is 198 g/mol. The summed E-state index contributed by atoms with van der Waals surface area (Å²) in [5.41, 5.74) is 1.92. The Kier molecular flexibility index (Phi) is 2.91. The van der Waals surface area contributed by atoms with E-state index in [1.807, 2.05) is 30.3 Å². The van der Waals surface area contributed by atoms with E-state index >= 15 is 0 Å². The van der Waals surface area contributed by atoms with E-state index in [1.165, 1.54) is 5.69 Å². The molecule has 2 nitrogen and oxygen atoms in total. The van der Waals surface area contributed by atoms with Crippen LogP contribution in [0.15, 0.2) is 36.4 Å². The number of anilines is 1. The Morgan fingerprint density at radius 1 is 1.12 bits per heavy atom. The Bertz CT molecular complexity index is 519. The van der Waals surface area contributed by atoms with Crippen LogP contribution in [0.3, 0.4) is 0 Å². The van der Waals surface area contributed by atoms with Crippen LogP contribution in [0.4, 0.5) is 5.69 Å². The van der Waals surface area contributed by atoms with E-state index in [2.05, 4.69) is 24.9 Å². The molecule has 0 N–H and O–H groups in total. The zero-order valence-corrected chi connectivity index (χ0v) is 9.60. The first-order valence-electron chi connectivity index (χ1n) is 5.46. The lowest BCUT2D eigenvalue weighted by atomic mass is 10.0. The van der Waals surface area contributed by atoms with Gasteiger partial charge >= 0.3 is 0 Å². The molecule has 16 heavy (non-hydrogen) atoms. The fraction of sp³-hybridized carbons (Fsp3) is 0.214. The Balaban J connectivity index is 2.74. The number of aldehydes is 1. The van der Waals surface area contributed by atoms with Gasteiger partial charge in [-0.3, -0.25) is 4.79 Å². The molecule has 2 aromatic rings. The lowest BCUT2D eigenvalue weighted by Gasteiger charge is -2.19. The molecule has 0 aliphatic rings. The maximum atomic E-state index is 11.0. The molecule has 0 unspecified atom stereocenters. The molecule has 0 aliphatic carbocycles. The van der Waals surface area contributed by atoms with Crippen molar-refractivity contribution in [3.63, 3.8) is 0 Å². The standard InChI is InChI=1S/C14H15NO/c1-3-15(2)14-9-8-11(10-16)12-6-4-5-7-13(12)14/h4-10H,3H2,1-2H3. The van der Waals surface area contributed by atoms with Crippen molar-refractivity contribution in [2.45, 2.75) is 6.92 Å². The monoisotopic (exact) mass is 213 g/mol. The molecule has 0 aromatic heterocycles. The highest BCUT2D eigenvalue weighted by Crippen LogP contribution is 2.27. The topological polar surface area (TPSA) is 20.3 Å². The van der Waals surface area contributed by atoms with Crippen LogP contribution in [-0.4, -0.2) is 19.9 Å². The molecule has 82 valence electrons. The van der Waals surface area contributed by atoms with Gasteiger partial charge in [0.25, 0.3) is 0 Å². The van der Waals surface area contributed by atoms with E-state index in [0.29, 0.717) is 0 Å². The second-order valence-electron chi connectivity index (χ2n) is 3.85. The highest BCUT2D eigenvalue weighted by atomic mass is 16.1. The summed E-state index contributed by atoms with van der Waals surface area (Å²) in [6.07, 6.45) is 0.915. The second-order valence-corrected chi connectivity index (χ2v) is 3.85. The van der Waals surface area contributed by atoms with Crippen LogP contribution in [0.2, 0.25) is 0 Å². The Morgan fingerprint density at radius 2 is 1.81 bits per heavy atom. The van der Waals surface area contributed by atoms with Crippen LogP contribution in [0.25, 0.3) is 10.8 Å². The predicted molar refractivity (Wildman–Crippen MR) is 68.3 cm³/mol. The summed E-state index contributed by atoms with van der Waals surface area (Å²) in [6, 6.07) is 11.9. The minimum absolute atomic E-state index is 0.754. The summed E-state index contributed by atoms with van der Waals surface area (Å²) < 4.78 is 0. The number of rotatable bonds is 3. The van der Waals surface area contributed by atoms with Gasteiger partial charge in [-0.2, -0.15) is 0 Å². The van der Waals surface area contributed by atoms with Crippen LogP contribution < -0.4 is 4.90 Å². The first-order valence-corrected chi connectivity index (χ1v) is 5.46. The fourth-order valence-corrected chi connectivity index (χ4v) is 1.91. The molecule has 0 radical (unpaired) electrons. The number of hydrogen-bond donors (Lipinski definition) is 0. The number of hydrogen-bond acceptors (Lipinski definition) is 2. The van der Waals surface area contributed by atoms with Gasteiger partial charge in [-0.1, -0.05) is 24.3 Å². The molecule has 2 rings (SSSR count). The Morgan fingerprint density at radius 3 is 2.44 bits per heavy atom. The van der Waals surface area contributed by atoms with Crippen molar-refractivity contribution in [2.24, 2.45) is 0 Å². The minimum atomic E-state index is 0.754. The lowest BCUT2D eigenvalue weighted by molar-refractivity contribution is 0.112. The predicted octanol–water partition coefficient (Wildman–Crippen LogP) is 3.11. The zero-order chi connectivity index (χ0) is 11.5. The molecule has 0 bridgehead atoms. The molecule has 2 aromatic carbocycles. The summed E-state index contributed by atoms with van der Waals surface area (Å²) >= 11 is 0. The van der Waals surface area contributed by atoms with Crippen LogP contribution in [0, 0.1) is 0 Å². The molecule has 0 amide bonds. The maximum Gasteiger partial charge on any atom is 0.150 e. The number of nitrogens with zero attached hydrogens (tertiary/aromatic N) is 1. The summed E-state index contributed by atoms with van der Waals surface area (Å²) in [4.78, 5) is 13.1. The third-order valence-electron chi connectivity index (χ3n) is 2.95. The van der Waals surface area contributed by atoms with E-state index in [-0.39, 0.29) is 0 Å². The quantitative estimate of drug-likeness (QED) is 0.730. The van der Waals surface area contributed by atoms with Crippen molar-refractivity contribution in [3.05, 3.63) is 42.0 Å². The van der Waals surface area contributed by atoms with E-state index in [9.17, 15) is 4.79 Å². The van der Waals surface area contributed by atoms with Gasteiger partial charge in [0.15, 0.2) is 6.29 Å². The first kappa shape index (κ1) is 10.7. The molecular formula is C14H15NO. The van der Waals surface area contributed by atoms with E-state index < -0.39 is 0 Å². The summed E-state index contributed by atoms with van der Waals surface area (Å²) in [5, 5.41) is 2.16. The van der Waals surface area contributed by atoms with Crippen LogP contribution >= 0.6 is 0 Å². The van der Waals surface area contributed by atoms with Crippen molar-refractivity contribution in [1.82, 2.24) is 0 Å². The van der Waals surface area contributed by atoms with Gasteiger partial charge in [0.05, 0.1) is 0 Å². The van der Waals surface area contributed by atoms with Gasteiger partial charge in [-0.25, -0.2) is 0 Å². The first-order chi connectivity index (χ1) is 7.77. The molecule has 0 saturated carbocycles. The zero-order valence-electron chi connectivity index (χ0n) is 9.60. The highest BCUT2D eigenvalue weighted by molar-refractivity contribution is 6.04. The van der Waals surface area contributed by atoms with E-state index in [1.54, 1.807) is 0 Å². The van der Waals surface area contributed by atoms with Crippen LogP contribution in [0.1, 0.15) is 17.3 Å². The fourth-order valence-electron chi connectivity index (χ4n) is 1.91. The molecule has 2 heteroatoms. The van der Waals surface area contributed by atoms with Gasteiger partial charge in [0.2, 0.25) is 0 Å². The van der Waals surface area contributed by atoms with Crippen molar-refractivity contribution in [3.8, 4) is 0 Å². The summed E-state index contributed by atoms with van der Waals surface area (Å²) in [7, 11) is 2.06. The van der Waals surface area contributed by atoms with E-state index in [0.717, 1.165) is 29.2 Å². The number of fused-ring (bicyclic) bond motifs is 1. The van der Waals surface area contributed by atoms with E-state index in [4.69, 9.17) is 0 Å². The summed E-state index contributed by atoms with van der Waals surface area (Å²) in [6.45, 7) is 3.06. The molecule has 0 spiro atoms. The molecule has 0 saturated heterocycles. The third-order valence-corrected chi connectivity index (χ3v) is 2.95. The largest absolute Gasteiger partial charge is 0.374 e. The van der Waals surface area contributed by atoms with Gasteiger partial charge in [-0.05, 0) is 24.4 Å². The number of benzene rings is 2. The normalized spacial score (nSPS) is 10.4. The van der Waals surface area contributed by atoms with Crippen LogP contribution in [0.5, 0.6) is 0 Å². The highest BCUT2D eigenvalue weighted by Gasteiger charge is 2.07. The number of carbonyl (C=O) groups is 1.